The molecule has 0 saturated heterocycles. The maximum Gasteiger partial charge on any atom is 0.243 e. The molecule has 6 nitrogen and oxygen atoms in total. The average Bonchev–Trinajstić information content (AvgIpc) is 2.85. The predicted octanol–water partition coefficient (Wildman–Crippen LogP) is 1.09. The summed E-state index contributed by atoms with van der Waals surface area (Å²) in [5.41, 5.74) is 7.57. The van der Waals surface area contributed by atoms with Crippen molar-refractivity contribution in [3.05, 3.63) is 41.5 Å². The van der Waals surface area contributed by atoms with Gasteiger partial charge in [0.15, 0.2) is 0 Å². The molecule has 0 fully saturated rings. The fraction of sp³-hybridized carbons (Fsp3) is 0.250. The number of nitrogens with two attached hydrogens (primary N) is 1. The monoisotopic (exact) mass is 280 g/mol. The molecule has 0 saturated carbocycles. The molecular weight excluding hydrogens is 264 g/mol. The van der Waals surface area contributed by atoms with Crippen molar-refractivity contribution in [1.82, 2.24) is 14.7 Å². The van der Waals surface area contributed by atoms with Gasteiger partial charge in [-0.05, 0) is 31.0 Å². The Balaban J connectivity index is 2.32. The van der Waals surface area contributed by atoms with Crippen LogP contribution in [0.15, 0.2) is 29.4 Å². The van der Waals surface area contributed by atoms with E-state index in [1.807, 2.05) is 6.92 Å². The Labute approximate surface area is 112 Å². The quantitative estimate of drug-likeness (QED) is 0.730. The Morgan fingerprint density at radius 1 is 1.37 bits per heavy atom. The van der Waals surface area contributed by atoms with Gasteiger partial charge in [0.2, 0.25) is 10.0 Å². The lowest BCUT2D eigenvalue weighted by atomic mass is 10.1. The molecule has 0 unspecified atom stereocenters. The lowest BCUT2D eigenvalue weighted by Crippen LogP contribution is -2.25. The predicted molar refractivity (Wildman–Crippen MR) is 72.9 cm³/mol. The van der Waals surface area contributed by atoms with E-state index in [-0.39, 0.29) is 17.1 Å². The molecule has 1 aromatic carbocycles. The van der Waals surface area contributed by atoms with Crippen molar-refractivity contribution in [3.63, 3.8) is 0 Å². The first-order chi connectivity index (χ1) is 8.92. The number of nitrogen functional groups attached to an aromatic ring is 1. The van der Waals surface area contributed by atoms with Crippen LogP contribution in [0.4, 0.5) is 5.69 Å². The first kappa shape index (κ1) is 13.6. The van der Waals surface area contributed by atoms with Crippen LogP contribution >= 0.6 is 0 Å². The third kappa shape index (κ3) is 2.77. The first-order valence-corrected chi connectivity index (χ1v) is 7.24. The summed E-state index contributed by atoms with van der Waals surface area (Å²) in [5, 5.41) is 0. The van der Waals surface area contributed by atoms with E-state index in [9.17, 15) is 8.42 Å². The van der Waals surface area contributed by atoms with Gasteiger partial charge in [0.1, 0.15) is 10.7 Å². The van der Waals surface area contributed by atoms with Crippen LogP contribution in [-0.4, -0.2) is 18.4 Å². The number of hydrogen-bond acceptors (Lipinski definition) is 4. The van der Waals surface area contributed by atoms with Crippen molar-refractivity contribution < 1.29 is 8.42 Å². The van der Waals surface area contributed by atoms with E-state index in [0.717, 1.165) is 5.56 Å². The maximum absolute atomic E-state index is 12.3. The number of hydrogen-bond donors (Lipinski definition) is 3. The minimum absolute atomic E-state index is 0.0994. The lowest BCUT2D eigenvalue weighted by Gasteiger charge is -2.13. The highest BCUT2D eigenvalue weighted by molar-refractivity contribution is 7.89. The number of H-pyrrole nitrogens is 1. The van der Waals surface area contributed by atoms with E-state index >= 15 is 0 Å². The zero-order chi connectivity index (χ0) is 14.0. The number of imidazole rings is 1. The third-order valence-corrected chi connectivity index (χ3v) is 4.56. The van der Waals surface area contributed by atoms with E-state index < -0.39 is 10.0 Å². The second kappa shape index (κ2) is 5.02. The fourth-order valence-electron chi connectivity index (χ4n) is 1.80. The van der Waals surface area contributed by atoms with Gasteiger partial charge in [-0.15, -0.1) is 0 Å². The summed E-state index contributed by atoms with van der Waals surface area (Å²) in [6, 6.07) is 3.40. The molecule has 2 rings (SSSR count). The zero-order valence-corrected chi connectivity index (χ0v) is 11.6. The molecule has 102 valence electrons. The van der Waals surface area contributed by atoms with Crippen LogP contribution in [0.5, 0.6) is 0 Å². The molecule has 1 heterocycles. The molecule has 0 aliphatic carbocycles. The molecule has 1 aromatic heterocycles. The van der Waals surface area contributed by atoms with Gasteiger partial charge in [-0.25, -0.2) is 18.1 Å². The number of sulfonamides is 1. The molecular formula is C12H16N4O2S. The van der Waals surface area contributed by atoms with Crippen LogP contribution in [0, 0.1) is 13.8 Å². The molecule has 0 amide bonds. The number of aromatic amines is 1. The Morgan fingerprint density at radius 3 is 2.74 bits per heavy atom. The van der Waals surface area contributed by atoms with Crippen LogP contribution < -0.4 is 10.5 Å². The smallest absolute Gasteiger partial charge is 0.243 e. The SMILES string of the molecule is Cc1ccc(N)c(S(=O)(=O)NCc2ncc[nH]2)c1C. The van der Waals surface area contributed by atoms with Gasteiger partial charge in [-0.3, -0.25) is 0 Å². The number of nitrogens with zero attached hydrogens (tertiary/aromatic N) is 1. The molecule has 0 radical (unpaired) electrons. The van der Waals surface area contributed by atoms with Crippen LogP contribution in [-0.2, 0) is 16.6 Å². The number of aryl methyl sites for hydroxylation is 1. The molecule has 0 atom stereocenters. The molecule has 19 heavy (non-hydrogen) atoms. The normalized spacial score (nSPS) is 11.7. The Morgan fingerprint density at radius 2 is 2.11 bits per heavy atom. The summed E-state index contributed by atoms with van der Waals surface area (Å²) >= 11 is 0. The summed E-state index contributed by atoms with van der Waals surface area (Å²) in [4.78, 5) is 6.93. The van der Waals surface area contributed by atoms with E-state index in [1.165, 1.54) is 0 Å². The second-order valence-corrected chi connectivity index (χ2v) is 5.99. The summed E-state index contributed by atoms with van der Waals surface area (Å²) in [6.07, 6.45) is 3.20. The van der Waals surface area contributed by atoms with Crippen molar-refractivity contribution >= 4 is 15.7 Å². The molecule has 0 bridgehead atoms. The van der Waals surface area contributed by atoms with Crippen LogP contribution in [0.1, 0.15) is 17.0 Å². The van der Waals surface area contributed by atoms with Gasteiger partial charge in [-0.2, -0.15) is 0 Å². The largest absolute Gasteiger partial charge is 0.398 e. The van der Waals surface area contributed by atoms with Gasteiger partial charge < -0.3 is 10.7 Å². The average molecular weight is 280 g/mol. The van der Waals surface area contributed by atoms with Gasteiger partial charge in [0.05, 0.1) is 12.2 Å². The summed E-state index contributed by atoms with van der Waals surface area (Å²) in [7, 11) is -3.66. The zero-order valence-electron chi connectivity index (χ0n) is 10.8. The number of benzene rings is 1. The van der Waals surface area contributed by atoms with Gasteiger partial charge in [0.25, 0.3) is 0 Å². The third-order valence-electron chi connectivity index (χ3n) is 2.96. The summed E-state index contributed by atoms with van der Waals surface area (Å²) in [5.74, 6) is 0.549. The maximum atomic E-state index is 12.3. The Hall–Kier alpha value is -1.86. The van der Waals surface area contributed by atoms with E-state index in [1.54, 1.807) is 31.5 Å². The topological polar surface area (TPSA) is 101 Å². The van der Waals surface area contributed by atoms with Crippen LogP contribution in [0.25, 0.3) is 0 Å². The van der Waals surface area contributed by atoms with E-state index in [2.05, 4.69) is 14.7 Å². The minimum atomic E-state index is -3.66. The number of aromatic nitrogens is 2. The highest BCUT2D eigenvalue weighted by atomic mass is 32.2. The van der Waals surface area contributed by atoms with Crippen LogP contribution in [0.3, 0.4) is 0 Å². The highest BCUT2D eigenvalue weighted by Crippen LogP contribution is 2.25. The minimum Gasteiger partial charge on any atom is -0.398 e. The molecule has 0 aliphatic rings. The van der Waals surface area contributed by atoms with Crippen molar-refractivity contribution in [1.29, 1.82) is 0 Å². The Bertz CT molecular complexity index is 678. The highest BCUT2D eigenvalue weighted by Gasteiger charge is 2.21. The molecule has 7 heteroatoms. The number of nitrogens with one attached hydrogen (secondary N) is 2. The van der Waals surface area contributed by atoms with Crippen molar-refractivity contribution in [2.75, 3.05) is 5.73 Å². The standard InChI is InChI=1S/C12H16N4O2S/c1-8-3-4-10(13)12(9(8)2)19(17,18)16-7-11-14-5-6-15-11/h3-6,16H,7,13H2,1-2H3,(H,14,15). The lowest BCUT2D eigenvalue weighted by molar-refractivity contribution is 0.579. The fourth-order valence-corrected chi connectivity index (χ4v) is 3.21. The van der Waals surface area contributed by atoms with Crippen molar-refractivity contribution in [3.8, 4) is 0 Å². The van der Waals surface area contributed by atoms with Crippen LogP contribution in [0.2, 0.25) is 0 Å². The second-order valence-electron chi connectivity index (χ2n) is 4.29. The van der Waals surface area contributed by atoms with E-state index in [4.69, 9.17) is 5.73 Å². The van der Waals surface area contributed by atoms with E-state index in [0.29, 0.717) is 11.4 Å². The molecule has 4 N–H and O–H groups in total. The van der Waals surface area contributed by atoms with Crippen molar-refractivity contribution in [2.45, 2.75) is 25.3 Å². The number of rotatable bonds is 4. The summed E-state index contributed by atoms with van der Waals surface area (Å²) in [6.45, 7) is 3.69. The van der Waals surface area contributed by atoms with Gasteiger partial charge in [0, 0.05) is 12.4 Å². The molecule has 2 aromatic rings. The van der Waals surface area contributed by atoms with Gasteiger partial charge >= 0.3 is 0 Å². The molecule has 0 aliphatic heterocycles. The summed E-state index contributed by atoms with van der Waals surface area (Å²) < 4.78 is 27.1. The van der Waals surface area contributed by atoms with Gasteiger partial charge in [-0.1, -0.05) is 6.07 Å². The number of anilines is 1. The van der Waals surface area contributed by atoms with Crippen molar-refractivity contribution in [2.24, 2.45) is 0 Å². The Kier molecular flexibility index (Phi) is 3.59. The first-order valence-electron chi connectivity index (χ1n) is 5.75. The molecule has 0 spiro atoms.